The molecule has 17 heavy (non-hydrogen) atoms. The van der Waals surface area contributed by atoms with E-state index in [4.69, 9.17) is 0 Å². The van der Waals surface area contributed by atoms with E-state index in [1.165, 1.54) is 25.7 Å². The molecule has 0 N–H and O–H groups in total. The average molecular weight is 437 g/mol. The molecule has 0 aliphatic heterocycles. The van der Waals surface area contributed by atoms with Crippen LogP contribution in [0.3, 0.4) is 0 Å². The van der Waals surface area contributed by atoms with Crippen molar-refractivity contribution in [1.82, 2.24) is 0 Å². The van der Waals surface area contributed by atoms with Gasteiger partial charge in [-0.05, 0) is 0 Å². The second-order valence-electron chi connectivity index (χ2n) is 4.05. The van der Waals surface area contributed by atoms with Crippen LogP contribution in [0, 0.1) is 0 Å². The fourth-order valence-electron chi connectivity index (χ4n) is 2.21. The summed E-state index contributed by atoms with van der Waals surface area (Å²) >= 11 is -0.417. The van der Waals surface area contributed by atoms with Crippen LogP contribution in [0.4, 0.5) is 0 Å². The first kappa shape index (κ1) is 17.8. The van der Waals surface area contributed by atoms with Crippen LogP contribution in [0.15, 0.2) is 42.0 Å². The molecule has 2 aliphatic rings. The van der Waals surface area contributed by atoms with Gasteiger partial charge >= 0.3 is 105 Å². The summed E-state index contributed by atoms with van der Waals surface area (Å²) in [5, 5.41) is 0. The molecule has 0 amide bonds. The fourth-order valence-corrected chi connectivity index (χ4v) is 6.25. The van der Waals surface area contributed by atoms with Crippen LogP contribution in [0.25, 0.3) is 0 Å². The Morgan fingerprint density at radius 1 is 0.882 bits per heavy atom. The largest absolute Gasteiger partial charge is 1.00 e. The van der Waals surface area contributed by atoms with Gasteiger partial charge in [0.05, 0.1) is 0 Å². The second kappa shape index (κ2) is 8.83. The summed E-state index contributed by atoms with van der Waals surface area (Å²) in [6.07, 6.45) is 14.4. The molecule has 0 atom stereocenters. The molecule has 3 heteroatoms. The summed E-state index contributed by atoms with van der Waals surface area (Å²) in [4.78, 5) is 0. The minimum Gasteiger partial charge on any atom is -1.00 e. The molecular formula is C14H18Br2Zr. The van der Waals surface area contributed by atoms with Crippen molar-refractivity contribution in [1.29, 1.82) is 0 Å². The van der Waals surface area contributed by atoms with Crippen LogP contribution in [0.5, 0.6) is 0 Å². The van der Waals surface area contributed by atoms with E-state index in [2.05, 4.69) is 38.2 Å². The van der Waals surface area contributed by atoms with Gasteiger partial charge in [0.2, 0.25) is 0 Å². The van der Waals surface area contributed by atoms with Crippen LogP contribution in [-0.2, 0) is 23.2 Å². The van der Waals surface area contributed by atoms with E-state index >= 15 is 0 Å². The van der Waals surface area contributed by atoms with Gasteiger partial charge in [-0.15, -0.1) is 0 Å². The van der Waals surface area contributed by atoms with Crippen LogP contribution >= 0.6 is 0 Å². The predicted octanol–water partition coefficient (Wildman–Crippen LogP) is -1.68. The molecule has 0 aromatic rings. The number of hydrogen-bond acceptors (Lipinski definition) is 0. The molecule has 0 bridgehead atoms. The summed E-state index contributed by atoms with van der Waals surface area (Å²) in [5.74, 6) is 0. The quantitative estimate of drug-likeness (QED) is 0.494. The summed E-state index contributed by atoms with van der Waals surface area (Å²) in [5.41, 5.74) is 3.30. The Kier molecular flexibility index (Phi) is 9.24. The molecule has 0 saturated heterocycles. The predicted molar refractivity (Wildman–Crippen MR) is 62.1 cm³/mol. The minimum absolute atomic E-state index is 0. The van der Waals surface area contributed by atoms with Crippen LogP contribution in [-0.4, -0.2) is 0 Å². The van der Waals surface area contributed by atoms with Gasteiger partial charge in [-0.1, -0.05) is 0 Å². The number of rotatable bonds is 4. The molecule has 0 spiro atoms. The summed E-state index contributed by atoms with van der Waals surface area (Å²) in [6, 6.07) is 0. The van der Waals surface area contributed by atoms with Gasteiger partial charge in [0.15, 0.2) is 0 Å². The van der Waals surface area contributed by atoms with Gasteiger partial charge in [0.25, 0.3) is 0 Å². The number of allylic oxidation sites excluding steroid dienone is 8. The maximum absolute atomic E-state index is 2.35. The van der Waals surface area contributed by atoms with Crippen molar-refractivity contribution in [3.05, 3.63) is 42.0 Å². The monoisotopic (exact) mass is 434 g/mol. The molecule has 0 aromatic heterocycles. The molecule has 2 rings (SSSR count). The first-order valence-electron chi connectivity index (χ1n) is 5.89. The van der Waals surface area contributed by atoms with Gasteiger partial charge in [0, 0.05) is 0 Å². The third-order valence-electron chi connectivity index (χ3n) is 3.12. The molecule has 2 aliphatic carbocycles. The third-order valence-corrected chi connectivity index (χ3v) is 7.19. The number of hydrogen-bond donors (Lipinski definition) is 0. The van der Waals surface area contributed by atoms with E-state index in [1.54, 1.807) is 11.1 Å². The molecule has 0 nitrogen and oxygen atoms in total. The third kappa shape index (κ3) is 4.44. The zero-order chi connectivity index (χ0) is 10.7. The number of halogens is 2. The minimum atomic E-state index is -0.417. The molecule has 0 unspecified atom stereocenters. The molecule has 0 radical (unpaired) electrons. The Bertz CT molecular complexity index is 340. The Hall–Kier alpha value is 0.803. The van der Waals surface area contributed by atoms with E-state index in [0.717, 1.165) is 0 Å². The molecule has 0 fully saturated rings. The van der Waals surface area contributed by atoms with Gasteiger partial charge in [-0.2, -0.15) is 0 Å². The van der Waals surface area contributed by atoms with E-state index < -0.39 is 23.2 Å². The molecule has 0 saturated carbocycles. The zero-order valence-electron chi connectivity index (χ0n) is 10.4. The van der Waals surface area contributed by atoms with Gasteiger partial charge < -0.3 is 34.0 Å². The van der Waals surface area contributed by atoms with Crippen LogP contribution in [0.2, 0.25) is 0 Å². The maximum Gasteiger partial charge on any atom is -1.00 e. The summed E-state index contributed by atoms with van der Waals surface area (Å²) in [6.45, 7) is 4.57. The van der Waals surface area contributed by atoms with Crippen molar-refractivity contribution in [3.63, 3.8) is 0 Å². The molecular weight excluding hydrogens is 419 g/mol. The van der Waals surface area contributed by atoms with Crippen molar-refractivity contribution in [2.24, 2.45) is 0 Å². The Morgan fingerprint density at radius 2 is 1.29 bits per heavy atom. The summed E-state index contributed by atoms with van der Waals surface area (Å²) in [7, 11) is 0. The Labute approximate surface area is 137 Å². The van der Waals surface area contributed by atoms with Gasteiger partial charge in [-0.3, -0.25) is 0 Å². The van der Waals surface area contributed by atoms with Crippen LogP contribution < -0.4 is 34.0 Å². The van der Waals surface area contributed by atoms with Gasteiger partial charge in [0.1, 0.15) is 0 Å². The van der Waals surface area contributed by atoms with Crippen LogP contribution in [0.1, 0.15) is 39.5 Å². The normalized spacial score (nSPS) is 17.1. The molecule has 0 aromatic carbocycles. The molecule has 0 heterocycles. The second-order valence-corrected chi connectivity index (χ2v) is 7.63. The molecule has 92 valence electrons. The first-order valence-corrected chi connectivity index (χ1v) is 8.35. The van der Waals surface area contributed by atoms with E-state index in [1.807, 2.05) is 6.56 Å². The maximum atomic E-state index is 2.35. The van der Waals surface area contributed by atoms with E-state index in [0.29, 0.717) is 0 Å². The van der Waals surface area contributed by atoms with Crippen molar-refractivity contribution < 1.29 is 57.2 Å². The fraction of sp³-hybridized carbons (Fsp3) is 0.429. The van der Waals surface area contributed by atoms with Gasteiger partial charge in [-0.25, -0.2) is 0 Å². The smallest absolute Gasteiger partial charge is 1.00 e. The topological polar surface area (TPSA) is 0 Å². The standard InChI is InChI=1S/2C7H9.2BrH.Zr/c2*1-2-7-5-3-4-6-7;;;/h2*3,5H,2,4H2,1H3;2*1H;/q;;;;+2/p-2. The first-order chi connectivity index (χ1) is 7.35. The Balaban J connectivity index is 0.00000128. The summed E-state index contributed by atoms with van der Waals surface area (Å²) < 4.78 is 3.65. The van der Waals surface area contributed by atoms with Crippen molar-refractivity contribution in [3.8, 4) is 0 Å². The zero-order valence-corrected chi connectivity index (χ0v) is 16.0. The van der Waals surface area contributed by atoms with E-state index in [-0.39, 0.29) is 34.0 Å². The SMILES string of the molecule is CCC1=[C]([Zr+2][C]2=C(CC)C=CC2)CC=C1.[Br-].[Br-]. The van der Waals surface area contributed by atoms with Crippen molar-refractivity contribution in [2.75, 3.05) is 0 Å². The average Bonchev–Trinajstić information content (AvgIpc) is 2.87. The Morgan fingerprint density at radius 3 is 1.65 bits per heavy atom. The van der Waals surface area contributed by atoms with Crippen molar-refractivity contribution >= 4 is 0 Å². The van der Waals surface area contributed by atoms with Crippen molar-refractivity contribution in [2.45, 2.75) is 39.5 Å². The van der Waals surface area contributed by atoms with E-state index in [9.17, 15) is 0 Å².